The Kier molecular flexibility index (Phi) is 7.42. The second kappa shape index (κ2) is 10.5. The third-order valence-electron chi connectivity index (χ3n) is 6.59. The lowest BCUT2D eigenvalue weighted by atomic mass is 9.96. The molecule has 35 heavy (non-hydrogen) atoms. The zero-order valence-electron chi connectivity index (χ0n) is 19.5. The fourth-order valence-electron chi connectivity index (χ4n) is 4.39. The number of anilines is 3. The van der Waals surface area contributed by atoms with Gasteiger partial charge in [-0.25, -0.2) is 9.97 Å². The van der Waals surface area contributed by atoms with Crippen molar-refractivity contribution in [3.8, 4) is 0 Å². The number of alkyl halides is 3. The van der Waals surface area contributed by atoms with Gasteiger partial charge in [0.2, 0.25) is 17.8 Å². The van der Waals surface area contributed by atoms with E-state index in [1.165, 1.54) is 0 Å². The predicted octanol–water partition coefficient (Wildman–Crippen LogP) is 3.48. The van der Waals surface area contributed by atoms with Gasteiger partial charge in [-0.05, 0) is 37.0 Å². The SMILES string of the molecule is CN1CC(C(=O)NCc2ccc(Nc3cnc(N4CCC(C(F)(F)F)CC4)nc3)cc2)CCC1=O. The number of nitrogens with zero attached hydrogens (tertiary/aromatic N) is 4. The molecule has 1 unspecified atom stereocenters. The Balaban J connectivity index is 1.24. The van der Waals surface area contributed by atoms with E-state index >= 15 is 0 Å². The minimum atomic E-state index is -4.14. The van der Waals surface area contributed by atoms with Crippen LogP contribution >= 0.6 is 0 Å². The zero-order chi connectivity index (χ0) is 25.0. The molecule has 1 aromatic heterocycles. The number of likely N-dealkylation sites (tertiary alicyclic amines) is 1. The van der Waals surface area contributed by atoms with Crippen molar-refractivity contribution >= 4 is 29.1 Å². The van der Waals surface area contributed by atoms with Crippen LogP contribution in [0.4, 0.5) is 30.5 Å². The maximum atomic E-state index is 12.8. The number of hydrogen-bond acceptors (Lipinski definition) is 6. The lowest BCUT2D eigenvalue weighted by molar-refractivity contribution is -0.179. The highest BCUT2D eigenvalue weighted by Crippen LogP contribution is 2.34. The number of aromatic nitrogens is 2. The number of piperidine rings is 2. The van der Waals surface area contributed by atoms with Crippen molar-refractivity contribution in [3.05, 3.63) is 42.2 Å². The Morgan fingerprint density at radius 3 is 2.31 bits per heavy atom. The van der Waals surface area contributed by atoms with Crippen LogP contribution < -0.4 is 15.5 Å². The zero-order valence-corrected chi connectivity index (χ0v) is 19.5. The average Bonchev–Trinajstić information content (AvgIpc) is 2.85. The number of carbonyl (C=O) groups excluding carboxylic acids is 2. The van der Waals surface area contributed by atoms with Crippen molar-refractivity contribution in [1.82, 2.24) is 20.2 Å². The minimum absolute atomic E-state index is 0.0496. The molecular formula is C24H29F3N6O2. The molecule has 2 aromatic rings. The molecule has 0 aliphatic carbocycles. The van der Waals surface area contributed by atoms with E-state index in [2.05, 4.69) is 20.6 Å². The lowest BCUT2D eigenvalue weighted by Gasteiger charge is -2.32. The summed E-state index contributed by atoms with van der Waals surface area (Å²) in [6, 6.07) is 7.56. The van der Waals surface area contributed by atoms with Gasteiger partial charge in [-0.15, -0.1) is 0 Å². The van der Waals surface area contributed by atoms with E-state index in [1.54, 1.807) is 29.2 Å². The molecular weight excluding hydrogens is 461 g/mol. The number of nitrogens with one attached hydrogen (secondary N) is 2. The second-order valence-corrected chi connectivity index (χ2v) is 9.12. The Labute approximate surface area is 201 Å². The first-order chi connectivity index (χ1) is 16.7. The molecule has 0 spiro atoms. The molecule has 8 nitrogen and oxygen atoms in total. The largest absolute Gasteiger partial charge is 0.391 e. The highest BCUT2D eigenvalue weighted by molar-refractivity contribution is 5.83. The van der Waals surface area contributed by atoms with Gasteiger partial charge in [-0.1, -0.05) is 12.1 Å². The number of rotatable bonds is 6. The summed E-state index contributed by atoms with van der Waals surface area (Å²) in [5.41, 5.74) is 2.42. The standard InChI is InChI=1S/C24H29F3N6O2/c1-32-15-17(4-7-21(32)34)22(35)28-12-16-2-5-19(6-3-16)31-20-13-29-23(30-14-20)33-10-8-18(9-11-33)24(25,26)27/h2-3,5-6,13-14,17-18,31H,4,7-12,15H2,1H3,(H,28,35). The van der Waals surface area contributed by atoms with Gasteiger partial charge in [-0.2, -0.15) is 13.2 Å². The molecule has 4 rings (SSSR count). The van der Waals surface area contributed by atoms with Crippen molar-refractivity contribution in [3.63, 3.8) is 0 Å². The molecule has 0 saturated carbocycles. The monoisotopic (exact) mass is 490 g/mol. The minimum Gasteiger partial charge on any atom is -0.353 e. The molecule has 188 valence electrons. The summed E-state index contributed by atoms with van der Waals surface area (Å²) in [5, 5.41) is 6.13. The van der Waals surface area contributed by atoms with Gasteiger partial charge >= 0.3 is 6.18 Å². The first-order valence-electron chi connectivity index (χ1n) is 11.7. The van der Waals surface area contributed by atoms with Gasteiger partial charge in [-0.3, -0.25) is 9.59 Å². The summed E-state index contributed by atoms with van der Waals surface area (Å²) in [4.78, 5) is 36.0. The van der Waals surface area contributed by atoms with Gasteiger partial charge in [0.15, 0.2) is 0 Å². The molecule has 1 atom stereocenters. The Morgan fingerprint density at radius 2 is 1.71 bits per heavy atom. The first kappa shape index (κ1) is 24.7. The average molecular weight is 491 g/mol. The number of carbonyl (C=O) groups is 2. The third kappa shape index (κ3) is 6.40. The van der Waals surface area contributed by atoms with Gasteiger partial charge in [0, 0.05) is 45.3 Å². The summed E-state index contributed by atoms with van der Waals surface area (Å²) in [7, 11) is 1.71. The summed E-state index contributed by atoms with van der Waals surface area (Å²) >= 11 is 0. The number of hydrogen-bond donors (Lipinski definition) is 2. The van der Waals surface area contributed by atoms with Crippen LogP contribution in [0.25, 0.3) is 0 Å². The maximum absolute atomic E-state index is 12.8. The molecule has 2 aliphatic heterocycles. The quantitative estimate of drug-likeness (QED) is 0.645. The molecule has 3 heterocycles. The third-order valence-corrected chi connectivity index (χ3v) is 6.59. The van der Waals surface area contributed by atoms with E-state index in [-0.39, 0.29) is 43.7 Å². The van der Waals surface area contributed by atoms with E-state index in [9.17, 15) is 22.8 Å². The number of halogens is 3. The Morgan fingerprint density at radius 1 is 1.06 bits per heavy atom. The van der Waals surface area contributed by atoms with Crippen LogP contribution in [0.5, 0.6) is 0 Å². The Hall–Kier alpha value is -3.37. The number of amides is 2. The van der Waals surface area contributed by atoms with E-state index in [0.717, 1.165) is 11.3 Å². The van der Waals surface area contributed by atoms with Crippen molar-refractivity contribution < 1.29 is 22.8 Å². The van der Waals surface area contributed by atoms with Crippen molar-refractivity contribution in [2.75, 3.05) is 36.9 Å². The molecule has 1 aromatic carbocycles. The van der Waals surface area contributed by atoms with Crippen LogP contribution in [0, 0.1) is 11.8 Å². The van der Waals surface area contributed by atoms with Gasteiger partial charge in [0.25, 0.3) is 0 Å². The van der Waals surface area contributed by atoms with Crippen LogP contribution in [-0.2, 0) is 16.1 Å². The fourth-order valence-corrected chi connectivity index (χ4v) is 4.39. The van der Waals surface area contributed by atoms with Gasteiger partial charge in [0.1, 0.15) is 0 Å². The van der Waals surface area contributed by atoms with Crippen molar-refractivity contribution in [2.45, 2.75) is 38.4 Å². The van der Waals surface area contributed by atoms with E-state index < -0.39 is 12.1 Å². The highest BCUT2D eigenvalue weighted by atomic mass is 19.4. The molecule has 11 heteroatoms. The molecule has 2 fully saturated rings. The Bertz CT molecular complexity index is 1020. The van der Waals surface area contributed by atoms with E-state index in [1.807, 2.05) is 24.3 Å². The molecule has 2 saturated heterocycles. The van der Waals surface area contributed by atoms with Crippen LogP contribution in [-0.4, -0.2) is 59.5 Å². The summed E-state index contributed by atoms with van der Waals surface area (Å²) in [6.07, 6.45) is 0.154. The topological polar surface area (TPSA) is 90.5 Å². The molecule has 2 aliphatic rings. The predicted molar refractivity (Wildman–Crippen MR) is 125 cm³/mol. The summed E-state index contributed by atoms with van der Waals surface area (Å²) in [6.45, 7) is 1.41. The smallest absolute Gasteiger partial charge is 0.353 e. The molecule has 2 N–H and O–H groups in total. The molecule has 0 bridgehead atoms. The van der Waals surface area contributed by atoms with Gasteiger partial charge in [0.05, 0.1) is 29.9 Å². The maximum Gasteiger partial charge on any atom is 0.391 e. The van der Waals surface area contributed by atoms with Crippen molar-refractivity contribution in [1.29, 1.82) is 0 Å². The van der Waals surface area contributed by atoms with Crippen LogP contribution in [0.1, 0.15) is 31.2 Å². The normalized spacial score (nSPS) is 19.5. The van der Waals surface area contributed by atoms with Crippen LogP contribution in [0.15, 0.2) is 36.7 Å². The summed E-state index contributed by atoms with van der Waals surface area (Å²) in [5.74, 6) is -0.988. The highest BCUT2D eigenvalue weighted by Gasteiger charge is 2.41. The lowest BCUT2D eigenvalue weighted by Crippen LogP contribution is -2.43. The van der Waals surface area contributed by atoms with E-state index in [0.29, 0.717) is 37.6 Å². The molecule has 0 radical (unpaired) electrons. The molecule has 2 amide bonds. The second-order valence-electron chi connectivity index (χ2n) is 9.12. The van der Waals surface area contributed by atoms with E-state index in [4.69, 9.17) is 0 Å². The first-order valence-corrected chi connectivity index (χ1v) is 11.7. The van der Waals surface area contributed by atoms with Crippen LogP contribution in [0.2, 0.25) is 0 Å². The number of benzene rings is 1. The fraction of sp³-hybridized carbons (Fsp3) is 0.500. The van der Waals surface area contributed by atoms with Gasteiger partial charge < -0.3 is 20.4 Å². The summed E-state index contributed by atoms with van der Waals surface area (Å²) < 4.78 is 38.5. The van der Waals surface area contributed by atoms with Crippen molar-refractivity contribution in [2.24, 2.45) is 11.8 Å². The van der Waals surface area contributed by atoms with Crippen LogP contribution in [0.3, 0.4) is 0 Å².